The molecule has 1 aliphatic rings. The number of nitrogens with zero attached hydrogens (tertiary/aromatic N) is 1. The molecule has 1 aromatic rings. The lowest BCUT2D eigenvalue weighted by atomic mass is 9.91. The summed E-state index contributed by atoms with van der Waals surface area (Å²) in [6.07, 6.45) is 2.88. The third kappa shape index (κ3) is 3.71. The first kappa shape index (κ1) is 16.2. The van der Waals surface area contributed by atoms with Gasteiger partial charge in [-0.1, -0.05) is 19.8 Å². The predicted octanol–water partition coefficient (Wildman–Crippen LogP) is 2.81. The summed E-state index contributed by atoms with van der Waals surface area (Å²) in [4.78, 5) is 1.56. The van der Waals surface area contributed by atoms with Crippen molar-refractivity contribution in [1.29, 1.82) is 0 Å². The minimum Gasteiger partial charge on any atom is -0.391 e. The number of benzene rings is 1. The molecule has 2 unspecified atom stereocenters. The van der Waals surface area contributed by atoms with Crippen molar-refractivity contribution in [3.8, 4) is 0 Å². The Hall–Kier alpha value is -1.20. The molecule has 1 aliphatic carbocycles. The Morgan fingerprint density at radius 3 is 2.43 bits per heavy atom. The predicted molar refractivity (Wildman–Crippen MR) is 80.4 cm³/mol. The minimum atomic E-state index is -0.567. The van der Waals surface area contributed by atoms with E-state index >= 15 is 0 Å². The summed E-state index contributed by atoms with van der Waals surface area (Å²) in [5, 5.41) is 13.1. The highest BCUT2D eigenvalue weighted by Crippen LogP contribution is 2.30. The van der Waals surface area contributed by atoms with E-state index in [0.717, 1.165) is 25.8 Å². The molecule has 0 amide bonds. The minimum absolute atomic E-state index is 0.0406. The molecule has 2 N–H and O–H groups in total. The van der Waals surface area contributed by atoms with Gasteiger partial charge in [0.05, 0.1) is 12.1 Å². The molecule has 0 aliphatic heterocycles. The second kappa shape index (κ2) is 7.18. The van der Waals surface area contributed by atoms with Crippen LogP contribution in [0.25, 0.3) is 0 Å². The number of likely N-dealkylation sites (N-methyl/N-ethyl adjacent to an activating group) is 1. The van der Waals surface area contributed by atoms with Crippen LogP contribution in [-0.2, 0) is 6.54 Å². The molecular weight excluding hydrogens is 274 g/mol. The Balaban J connectivity index is 2.22. The molecule has 0 saturated heterocycles. The lowest BCUT2D eigenvalue weighted by Crippen LogP contribution is -2.44. The van der Waals surface area contributed by atoms with Gasteiger partial charge in [-0.2, -0.15) is 0 Å². The normalized spacial score (nSPS) is 22.3. The van der Waals surface area contributed by atoms with Gasteiger partial charge in [-0.3, -0.25) is 0 Å². The second-order valence-electron chi connectivity index (χ2n) is 5.72. The van der Waals surface area contributed by atoms with E-state index in [-0.39, 0.29) is 11.7 Å². The Bertz CT molecular complexity index is 458. The van der Waals surface area contributed by atoms with Gasteiger partial charge in [0.25, 0.3) is 0 Å². The Morgan fingerprint density at radius 1 is 1.24 bits per heavy atom. The van der Waals surface area contributed by atoms with Crippen LogP contribution in [0.1, 0.15) is 38.2 Å². The summed E-state index contributed by atoms with van der Waals surface area (Å²) in [6, 6.07) is 2.52. The van der Waals surface area contributed by atoms with Crippen molar-refractivity contribution >= 4 is 5.69 Å². The van der Waals surface area contributed by atoms with Gasteiger partial charge in [-0.15, -0.1) is 0 Å². The van der Waals surface area contributed by atoms with Crippen molar-refractivity contribution in [1.82, 2.24) is 5.32 Å². The van der Waals surface area contributed by atoms with Crippen molar-refractivity contribution < 1.29 is 13.9 Å². The van der Waals surface area contributed by atoms with E-state index in [0.29, 0.717) is 18.5 Å². The van der Waals surface area contributed by atoms with E-state index in [1.165, 1.54) is 12.1 Å². The van der Waals surface area contributed by atoms with E-state index < -0.39 is 17.7 Å². The van der Waals surface area contributed by atoms with Gasteiger partial charge in [0.1, 0.15) is 17.3 Å². The van der Waals surface area contributed by atoms with Gasteiger partial charge in [0.2, 0.25) is 0 Å². The topological polar surface area (TPSA) is 35.5 Å². The monoisotopic (exact) mass is 298 g/mol. The fourth-order valence-electron chi connectivity index (χ4n) is 3.04. The zero-order chi connectivity index (χ0) is 15.4. The summed E-state index contributed by atoms with van der Waals surface area (Å²) < 4.78 is 28.6. The molecule has 0 heterocycles. The first-order valence-corrected chi connectivity index (χ1v) is 7.64. The van der Waals surface area contributed by atoms with Crippen LogP contribution >= 0.6 is 0 Å². The number of hydrogen-bond donors (Lipinski definition) is 2. The van der Waals surface area contributed by atoms with E-state index in [1.807, 2.05) is 6.92 Å². The van der Waals surface area contributed by atoms with Crippen LogP contribution in [0.2, 0.25) is 0 Å². The van der Waals surface area contributed by atoms with Gasteiger partial charge >= 0.3 is 0 Å². The first-order valence-electron chi connectivity index (χ1n) is 7.64. The van der Waals surface area contributed by atoms with Crippen LogP contribution in [0.15, 0.2) is 12.1 Å². The average molecular weight is 298 g/mol. The zero-order valence-corrected chi connectivity index (χ0v) is 12.7. The lowest BCUT2D eigenvalue weighted by molar-refractivity contribution is 0.105. The third-order valence-electron chi connectivity index (χ3n) is 4.20. The number of halogens is 2. The summed E-state index contributed by atoms with van der Waals surface area (Å²) in [5.41, 5.74) is 0.550. The Labute approximate surface area is 125 Å². The summed E-state index contributed by atoms with van der Waals surface area (Å²) in [7, 11) is 1.66. The maximum absolute atomic E-state index is 14.3. The van der Waals surface area contributed by atoms with Crippen molar-refractivity contribution in [3.63, 3.8) is 0 Å². The molecule has 0 spiro atoms. The maximum atomic E-state index is 14.3. The van der Waals surface area contributed by atoms with Gasteiger partial charge in [-0.25, -0.2) is 8.78 Å². The largest absolute Gasteiger partial charge is 0.391 e. The Morgan fingerprint density at radius 2 is 1.86 bits per heavy atom. The SMILES string of the molecule is CCNCc1cc(F)c(N(C)C2CCCCC2O)c(F)c1. The average Bonchev–Trinajstić information content (AvgIpc) is 2.44. The van der Waals surface area contributed by atoms with Crippen molar-refractivity contribution in [2.45, 2.75) is 51.3 Å². The highest BCUT2D eigenvalue weighted by Gasteiger charge is 2.29. The van der Waals surface area contributed by atoms with Crippen LogP contribution in [0.4, 0.5) is 14.5 Å². The molecule has 2 rings (SSSR count). The van der Waals surface area contributed by atoms with Crippen LogP contribution in [0.3, 0.4) is 0 Å². The van der Waals surface area contributed by atoms with Crippen LogP contribution in [0, 0.1) is 11.6 Å². The van der Waals surface area contributed by atoms with Crippen molar-refractivity contribution in [3.05, 3.63) is 29.3 Å². The van der Waals surface area contributed by atoms with E-state index in [4.69, 9.17) is 0 Å². The molecule has 1 saturated carbocycles. The molecule has 0 radical (unpaired) electrons. The van der Waals surface area contributed by atoms with Crippen LogP contribution < -0.4 is 10.2 Å². The summed E-state index contributed by atoms with van der Waals surface area (Å²) in [6.45, 7) is 3.14. The fourth-order valence-corrected chi connectivity index (χ4v) is 3.04. The lowest BCUT2D eigenvalue weighted by Gasteiger charge is -2.36. The Kier molecular flexibility index (Phi) is 5.53. The van der Waals surface area contributed by atoms with Crippen molar-refractivity contribution in [2.75, 3.05) is 18.5 Å². The number of rotatable bonds is 5. The van der Waals surface area contributed by atoms with Crippen LogP contribution in [-0.4, -0.2) is 30.8 Å². The second-order valence-corrected chi connectivity index (χ2v) is 5.72. The molecule has 21 heavy (non-hydrogen) atoms. The van der Waals surface area contributed by atoms with E-state index in [1.54, 1.807) is 11.9 Å². The van der Waals surface area contributed by atoms with E-state index in [9.17, 15) is 13.9 Å². The number of anilines is 1. The molecule has 2 atom stereocenters. The summed E-state index contributed by atoms with van der Waals surface area (Å²) in [5.74, 6) is -1.13. The molecule has 3 nitrogen and oxygen atoms in total. The van der Waals surface area contributed by atoms with Gasteiger partial charge < -0.3 is 15.3 Å². The number of aliphatic hydroxyl groups excluding tert-OH is 1. The molecule has 0 bridgehead atoms. The molecular formula is C16H24F2N2O. The number of hydrogen-bond acceptors (Lipinski definition) is 3. The molecule has 0 aromatic heterocycles. The molecule has 1 aromatic carbocycles. The quantitative estimate of drug-likeness (QED) is 0.877. The maximum Gasteiger partial charge on any atom is 0.149 e. The summed E-state index contributed by atoms with van der Waals surface area (Å²) >= 11 is 0. The number of nitrogens with one attached hydrogen (secondary N) is 1. The van der Waals surface area contributed by atoms with Gasteiger partial charge in [-0.05, 0) is 37.1 Å². The van der Waals surface area contributed by atoms with Crippen molar-refractivity contribution in [2.24, 2.45) is 0 Å². The highest BCUT2D eigenvalue weighted by atomic mass is 19.1. The van der Waals surface area contributed by atoms with Crippen LogP contribution in [0.5, 0.6) is 0 Å². The van der Waals surface area contributed by atoms with Gasteiger partial charge in [0.15, 0.2) is 0 Å². The standard InChI is InChI=1S/C16H24F2N2O/c1-3-19-10-11-8-12(17)16(13(18)9-11)20(2)14-6-4-5-7-15(14)21/h8-9,14-15,19,21H,3-7,10H2,1-2H3. The fraction of sp³-hybridized carbons (Fsp3) is 0.625. The number of aliphatic hydroxyl groups is 1. The third-order valence-corrected chi connectivity index (χ3v) is 4.20. The van der Waals surface area contributed by atoms with E-state index in [2.05, 4.69) is 5.32 Å². The molecule has 5 heteroatoms. The highest BCUT2D eigenvalue weighted by molar-refractivity contribution is 5.51. The van der Waals surface area contributed by atoms with Gasteiger partial charge in [0, 0.05) is 13.6 Å². The molecule has 1 fully saturated rings. The first-order chi connectivity index (χ1) is 10.0. The smallest absolute Gasteiger partial charge is 0.149 e. The zero-order valence-electron chi connectivity index (χ0n) is 12.7. The molecule has 118 valence electrons.